The van der Waals surface area contributed by atoms with Crippen LogP contribution in [-0.4, -0.2) is 83.3 Å². The molecule has 0 atom stereocenters. The van der Waals surface area contributed by atoms with Gasteiger partial charge in [-0.05, 0) is 0 Å². The van der Waals surface area contributed by atoms with Gasteiger partial charge in [-0.25, -0.2) is 0 Å². The van der Waals surface area contributed by atoms with Gasteiger partial charge in [-0.15, -0.1) is 0 Å². The van der Waals surface area contributed by atoms with Crippen LogP contribution in [0.25, 0.3) is 0 Å². The summed E-state index contributed by atoms with van der Waals surface area (Å²) in [6, 6.07) is 0. The normalized spacial score (nSPS) is 0. The van der Waals surface area contributed by atoms with Crippen LogP contribution in [-0.2, 0) is 0 Å². The van der Waals surface area contributed by atoms with Crippen LogP contribution < -0.4 is 0 Å². The van der Waals surface area contributed by atoms with Gasteiger partial charge in [0.25, 0.3) is 0 Å². The Hall–Kier alpha value is 2.71. The van der Waals surface area contributed by atoms with E-state index in [2.05, 4.69) is 0 Å². The van der Waals surface area contributed by atoms with Gasteiger partial charge in [0.05, 0.1) is 0 Å². The van der Waals surface area contributed by atoms with Gasteiger partial charge >= 0.3 is 59.4 Å². The van der Waals surface area contributed by atoms with Crippen molar-refractivity contribution in [2.24, 2.45) is 0 Å². The number of rotatable bonds is 0. The number of hydrogen-bond donors (Lipinski definition) is 0. The van der Waals surface area contributed by atoms with Crippen LogP contribution in [0.15, 0.2) is 0 Å². The molecule has 0 saturated heterocycles. The van der Waals surface area contributed by atoms with E-state index in [9.17, 15) is 0 Å². The van der Waals surface area contributed by atoms with Crippen LogP contribution in [0, 0.1) is 0 Å². The predicted molar refractivity (Wildman–Crippen MR) is 35.6 cm³/mol. The van der Waals surface area contributed by atoms with Gasteiger partial charge in [0.1, 0.15) is 0 Å². The Kier molecular flexibility index (Phi) is 129. The minimum absolute atomic E-state index is 0. The Balaban J connectivity index is 0. The van der Waals surface area contributed by atoms with Crippen LogP contribution in [0.2, 0.25) is 0 Å². The minimum atomic E-state index is 0. The molecule has 0 unspecified atom stereocenters. The van der Waals surface area contributed by atoms with Crippen molar-refractivity contribution in [2.75, 3.05) is 0 Å². The van der Waals surface area contributed by atoms with Crippen molar-refractivity contribution < 1.29 is 0 Å². The molecule has 0 aliphatic rings. The van der Waals surface area contributed by atoms with Gasteiger partial charge in [0, 0.05) is 23.9 Å². The zero-order valence-electron chi connectivity index (χ0n) is 0.500. The van der Waals surface area contributed by atoms with E-state index in [0.29, 0.717) is 0 Å². The van der Waals surface area contributed by atoms with Gasteiger partial charge in [-0.1, -0.05) is 0 Å². The summed E-state index contributed by atoms with van der Waals surface area (Å²) >= 11 is 0. The minimum Gasteiger partial charge on any atom is 0 e. The quantitative estimate of drug-likeness (QED) is 0.396. The van der Waals surface area contributed by atoms with Crippen LogP contribution in [0.4, 0.5) is 0 Å². The molecule has 0 N–H and O–H groups in total. The van der Waals surface area contributed by atoms with Gasteiger partial charge in [0.15, 0.2) is 0 Å². The second-order valence-corrected chi connectivity index (χ2v) is 0. The molecule has 0 rings (SSSR count). The fourth-order valence-electron chi connectivity index (χ4n) is 0. The van der Waals surface area contributed by atoms with E-state index >= 15 is 0 Å². The summed E-state index contributed by atoms with van der Waals surface area (Å²) in [5, 5.41) is 0. The topological polar surface area (TPSA) is 0 Å². The first kappa shape index (κ1) is 29.8. The molecule has 0 aromatic rings. The molecule has 0 aliphatic carbocycles. The van der Waals surface area contributed by atoms with Crippen LogP contribution in [0.5, 0.6) is 0 Å². The first-order valence-electron chi connectivity index (χ1n) is 0. The van der Waals surface area contributed by atoms with E-state index < -0.39 is 0 Å². The van der Waals surface area contributed by atoms with E-state index in [0.717, 1.165) is 0 Å². The van der Waals surface area contributed by atoms with Crippen molar-refractivity contribution in [1.29, 1.82) is 0 Å². The Morgan fingerprint density at radius 1 is 0.500 bits per heavy atom. The Labute approximate surface area is 82.0 Å². The van der Waals surface area contributed by atoms with E-state index in [4.69, 9.17) is 0 Å². The maximum Gasteiger partial charge on any atom is 0 e. The zero-order chi connectivity index (χ0) is 0. The standard InChI is InChI=1S/3Ga.Sn.9H. The molecule has 22 valence electrons. The SMILES string of the molecule is [GaH3].[GaH3].[GaH3].[Sn]. The summed E-state index contributed by atoms with van der Waals surface area (Å²) in [5.74, 6) is 0. The maximum atomic E-state index is 0. The average molecular weight is 337 g/mol. The first-order chi connectivity index (χ1) is 0. The molecule has 0 spiro atoms. The second kappa shape index (κ2) is 17.3. The Bertz CT molecular complexity index is 3.25. The molecule has 4 heteroatoms. The summed E-state index contributed by atoms with van der Waals surface area (Å²) in [7, 11) is 0. The van der Waals surface area contributed by atoms with Crippen molar-refractivity contribution in [3.8, 4) is 0 Å². The largest absolute Gasteiger partial charge is 0 e. The summed E-state index contributed by atoms with van der Waals surface area (Å²) in [5.41, 5.74) is 0. The molecule has 0 fully saturated rings. The van der Waals surface area contributed by atoms with Crippen LogP contribution in [0.3, 0.4) is 0 Å². The average Bonchev–Trinajstić information content (AvgIpc) is 0. The third-order valence-corrected chi connectivity index (χ3v) is 0. The molecule has 0 bridgehead atoms. The third-order valence-electron chi connectivity index (χ3n) is 0. The van der Waals surface area contributed by atoms with Gasteiger partial charge in [-0.3, -0.25) is 0 Å². The van der Waals surface area contributed by atoms with E-state index in [1.165, 1.54) is 0 Å². The fraction of sp³-hybridized carbons (Fsp3) is 0. The third kappa shape index (κ3) is 8.83. The van der Waals surface area contributed by atoms with Crippen LogP contribution >= 0.6 is 0 Å². The zero-order valence-corrected chi connectivity index (χ0v) is 3.35. The molecule has 0 aromatic carbocycles. The van der Waals surface area contributed by atoms with Crippen LogP contribution in [0.1, 0.15) is 0 Å². The number of hydrogen-bond acceptors (Lipinski definition) is 0. The molecule has 0 heterocycles. The molecule has 0 nitrogen and oxygen atoms in total. The molecule has 0 aromatic heterocycles. The fourth-order valence-corrected chi connectivity index (χ4v) is 0. The smallest absolute Gasteiger partial charge is 0 e. The van der Waals surface area contributed by atoms with Gasteiger partial charge < -0.3 is 0 Å². The summed E-state index contributed by atoms with van der Waals surface area (Å²) in [4.78, 5) is 0. The van der Waals surface area contributed by atoms with E-state index in [1.54, 1.807) is 0 Å². The summed E-state index contributed by atoms with van der Waals surface area (Å²) in [6.07, 6.45) is 0. The molecule has 0 saturated carbocycles. The Morgan fingerprint density at radius 3 is 0.500 bits per heavy atom. The maximum absolute atomic E-state index is 0. The molecule has 4 radical (unpaired) electrons. The molecule has 4 heavy (non-hydrogen) atoms. The van der Waals surface area contributed by atoms with Crippen molar-refractivity contribution >= 4 is 83.3 Å². The van der Waals surface area contributed by atoms with Gasteiger partial charge in [0.2, 0.25) is 0 Å². The Morgan fingerprint density at radius 2 is 0.500 bits per heavy atom. The van der Waals surface area contributed by atoms with Gasteiger partial charge in [-0.2, -0.15) is 0 Å². The van der Waals surface area contributed by atoms with Crippen molar-refractivity contribution in [1.82, 2.24) is 0 Å². The van der Waals surface area contributed by atoms with Crippen molar-refractivity contribution in [3.05, 3.63) is 0 Å². The predicted octanol–water partition coefficient (Wildman–Crippen LogP) is -3.93. The molecular weight excluding hydrogens is 328 g/mol. The van der Waals surface area contributed by atoms with E-state index in [-0.39, 0.29) is 83.3 Å². The molecule has 0 amide bonds. The molecule has 0 aliphatic heterocycles. The van der Waals surface area contributed by atoms with Crippen molar-refractivity contribution in [2.45, 2.75) is 0 Å². The van der Waals surface area contributed by atoms with Crippen molar-refractivity contribution in [3.63, 3.8) is 0 Å². The summed E-state index contributed by atoms with van der Waals surface area (Å²) < 4.78 is 0. The monoisotopic (exact) mass is 336 g/mol. The molecular formula is H9Ga3Sn. The summed E-state index contributed by atoms with van der Waals surface area (Å²) in [6.45, 7) is 0. The first-order valence-corrected chi connectivity index (χ1v) is 0. The van der Waals surface area contributed by atoms with E-state index in [1.807, 2.05) is 0 Å². The second-order valence-electron chi connectivity index (χ2n) is 0.